The van der Waals surface area contributed by atoms with Crippen molar-refractivity contribution < 1.29 is 9.53 Å². The number of hydrogen-bond acceptors (Lipinski definition) is 5. The number of thiophene rings is 1. The number of nitrogen functional groups attached to an aromatic ring is 2. The van der Waals surface area contributed by atoms with E-state index >= 15 is 0 Å². The lowest BCUT2D eigenvalue weighted by molar-refractivity contribution is 0.0504. The Labute approximate surface area is 116 Å². The molecule has 0 unspecified atom stereocenters. The zero-order valence-corrected chi connectivity index (χ0v) is 11.8. The Balaban J connectivity index is 2.10. The summed E-state index contributed by atoms with van der Waals surface area (Å²) in [6.45, 7) is 2.59. The van der Waals surface area contributed by atoms with Crippen molar-refractivity contribution in [3.05, 3.63) is 23.1 Å². The third kappa shape index (κ3) is 3.17. The fraction of sp³-hybridized carbons (Fsp3) is 0.357. The standard InChI is InChI=1S/C14H18N2O2S/c1-2-3-4-5-18-14(17)13-7-9-6-10(15)11(16)8-12(9)19-13/h6-8H,2-5,15-16H2,1H3. The number of benzene rings is 1. The summed E-state index contributed by atoms with van der Waals surface area (Å²) in [5.74, 6) is -0.269. The van der Waals surface area contributed by atoms with Crippen molar-refractivity contribution in [3.8, 4) is 0 Å². The average Bonchev–Trinajstić information content (AvgIpc) is 2.78. The van der Waals surface area contributed by atoms with Crippen LogP contribution in [-0.2, 0) is 4.74 Å². The van der Waals surface area contributed by atoms with Crippen molar-refractivity contribution in [2.75, 3.05) is 18.1 Å². The third-order valence-corrected chi connectivity index (χ3v) is 3.98. The molecule has 0 aliphatic rings. The lowest BCUT2D eigenvalue weighted by Gasteiger charge is -2.01. The maximum Gasteiger partial charge on any atom is 0.348 e. The number of unbranched alkanes of at least 4 members (excludes halogenated alkanes) is 2. The van der Waals surface area contributed by atoms with Crippen molar-refractivity contribution in [1.29, 1.82) is 0 Å². The SMILES string of the molecule is CCCCCOC(=O)c1cc2cc(N)c(N)cc2s1. The molecule has 0 aliphatic carbocycles. The molecule has 0 saturated carbocycles. The van der Waals surface area contributed by atoms with Gasteiger partial charge >= 0.3 is 5.97 Å². The Morgan fingerprint density at radius 2 is 1.95 bits per heavy atom. The monoisotopic (exact) mass is 278 g/mol. The van der Waals surface area contributed by atoms with Gasteiger partial charge in [0.05, 0.1) is 18.0 Å². The predicted molar refractivity (Wildman–Crippen MR) is 80.5 cm³/mol. The van der Waals surface area contributed by atoms with Crippen LogP contribution in [0.15, 0.2) is 18.2 Å². The summed E-state index contributed by atoms with van der Waals surface area (Å²) in [5.41, 5.74) is 12.6. The molecule has 4 N–H and O–H groups in total. The minimum absolute atomic E-state index is 0.269. The first kappa shape index (κ1) is 13.7. The van der Waals surface area contributed by atoms with Crippen LogP contribution < -0.4 is 11.5 Å². The molecule has 5 heteroatoms. The first-order valence-corrected chi connectivity index (χ1v) is 7.19. The number of carbonyl (C=O) groups excluding carboxylic acids is 1. The number of nitrogens with two attached hydrogens (primary N) is 2. The normalized spacial score (nSPS) is 10.8. The van der Waals surface area contributed by atoms with Crippen LogP contribution >= 0.6 is 11.3 Å². The van der Waals surface area contributed by atoms with Crippen LogP contribution in [0.4, 0.5) is 11.4 Å². The maximum atomic E-state index is 11.9. The molecular formula is C14H18N2O2S. The zero-order valence-electron chi connectivity index (χ0n) is 10.9. The van der Waals surface area contributed by atoms with Gasteiger partial charge in [0.15, 0.2) is 0 Å². The molecule has 19 heavy (non-hydrogen) atoms. The molecule has 0 atom stereocenters. The molecule has 0 bridgehead atoms. The van der Waals surface area contributed by atoms with E-state index in [0.717, 1.165) is 29.3 Å². The lowest BCUT2D eigenvalue weighted by Crippen LogP contribution is -2.04. The van der Waals surface area contributed by atoms with Crippen LogP contribution in [-0.4, -0.2) is 12.6 Å². The Hall–Kier alpha value is -1.75. The van der Waals surface area contributed by atoms with Gasteiger partial charge in [-0.1, -0.05) is 19.8 Å². The summed E-state index contributed by atoms with van der Waals surface area (Å²) in [7, 11) is 0. The van der Waals surface area contributed by atoms with Gasteiger partial charge in [0, 0.05) is 4.70 Å². The van der Waals surface area contributed by atoms with Crippen molar-refractivity contribution in [1.82, 2.24) is 0 Å². The number of fused-ring (bicyclic) bond motifs is 1. The van der Waals surface area contributed by atoms with Gasteiger partial charge in [-0.2, -0.15) is 0 Å². The van der Waals surface area contributed by atoms with Gasteiger partial charge in [0.25, 0.3) is 0 Å². The molecule has 0 fully saturated rings. The number of esters is 1. The van der Waals surface area contributed by atoms with Gasteiger partial charge in [0.1, 0.15) is 4.88 Å². The summed E-state index contributed by atoms with van der Waals surface area (Å²) in [6, 6.07) is 5.39. The second-order valence-electron chi connectivity index (χ2n) is 4.47. The number of hydrogen-bond donors (Lipinski definition) is 2. The molecule has 1 heterocycles. The van der Waals surface area contributed by atoms with Gasteiger partial charge in [-0.25, -0.2) is 4.79 Å². The minimum Gasteiger partial charge on any atom is -0.462 e. The van der Waals surface area contributed by atoms with Crippen molar-refractivity contribution in [2.45, 2.75) is 26.2 Å². The minimum atomic E-state index is -0.269. The Morgan fingerprint density at radius 3 is 2.68 bits per heavy atom. The second kappa shape index (κ2) is 5.93. The number of rotatable bonds is 5. The molecule has 0 amide bonds. The van der Waals surface area contributed by atoms with E-state index in [1.54, 1.807) is 18.2 Å². The van der Waals surface area contributed by atoms with Gasteiger partial charge < -0.3 is 16.2 Å². The van der Waals surface area contributed by atoms with Crippen molar-refractivity contribution >= 4 is 38.8 Å². The lowest BCUT2D eigenvalue weighted by atomic mass is 10.2. The van der Waals surface area contributed by atoms with Crippen LogP contribution in [0.5, 0.6) is 0 Å². The Morgan fingerprint density at radius 1 is 1.21 bits per heavy atom. The van der Waals surface area contributed by atoms with Gasteiger partial charge in [0.2, 0.25) is 0 Å². The molecule has 0 aliphatic heterocycles. The van der Waals surface area contributed by atoms with Crippen LogP contribution in [0.2, 0.25) is 0 Å². The number of anilines is 2. The van der Waals surface area contributed by atoms with Crippen LogP contribution in [0.1, 0.15) is 35.9 Å². The highest BCUT2D eigenvalue weighted by molar-refractivity contribution is 7.20. The fourth-order valence-electron chi connectivity index (χ4n) is 1.81. The summed E-state index contributed by atoms with van der Waals surface area (Å²) < 4.78 is 6.18. The van der Waals surface area contributed by atoms with Crippen molar-refractivity contribution in [2.24, 2.45) is 0 Å². The molecule has 0 saturated heterocycles. The zero-order chi connectivity index (χ0) is 13.8. The molecule has 1 aromatic carbocycles. The van der Waals surface area contributed by atoms with Crippen molar-refractivity contribution in [3.63, 3.8) is 0 Å². The molecule has 2 aromatic rings. The van der Waals surface area contributed by atoms with E-state index < -0.39 is 0 Å². The quantitative estimate of drug-likeness (QED) is 0.499. The van der Waals surface area contributed by atoms with Crippen LogP contribution in [0.3, 0.4) is 0 Å². The highest BCUT2D eigenvalue weighted by Crippen LogP contribution is 2.31. The topological polar surface area (TPSA) is 78.3 Å². The van der Waals surface area contributed by atoms with E-state index in [0.29, 0.717) is 22.9 Å². The molecular weight excluding hydrogens is 260 g/mol. The Kier molecular flexibility index (Phi) is 4.27. The smallest absolute Gasteiger partial charge is 0.348 e. The van der Waals surface area contributed by atoms with E-state index in [2.05, 4.69) is 6.92 Å². The van der Waals surface area contributed by atoms with E-state index in [9.17, 15) is 4.79 Å². The van der Waals surface area contributed by atoms with E-state index in [-0.39, 0.29) is 5.97 Å². The number of ether oxygens (including phenoxy) is 1. The molecule has 102 valence electrons. The highest BCUT2D eigenvalue weighted by Gasteiger charge is 2.12. The summed E-state index contributed by atoms with van der Waals surface area (Å²) in [5, 5.41) is 0.928. The fourth-order valence-corrected chi connectivity index (χ4v) is 2.80. The Bertz CT molecular complexity index is 553. The third-order valence-electron chi connectivity index (χ3n) is 2.90. The number of carbonyl (C=O) groups is 1. The summed E-state index contributed by atoms with van der Waals surface area (Å²) >= 11 is 1.38. The van der Waals surface area contributed by atoms with E-state index in [1.165, 1.54) is 11.3 Å². The van der Waals surface area contributed by atoms with Crippen LogP contribution in [0.25, 0.3) is 10.1 Å². The molecule has 2 rings (SSSR count). The van der Waals surface area contributed by atoms with E-state index in [1.807, 2.05) is 0 Å². The molecule has 4 nitrogen and oxygen atoms in total. The summed E-state index contributed by atoms with van der Waals surface area (Å²) in [4.78, 5) is 12.5. The van der Waals surface area contributed by atoms with Gasteiger partial charge in [-0.3, -0.25) is 0 Å². The highest BCUT2D eigenvalue weighted by atomic mass is 32.1. The summed E-state index contributed by atoms with van der Waals surface area (Å²) in [6.07, 6.45) is 3.10. The second-order valence-corrected chi connectivity index (χ2v) is 5.56. The first-order valence-electron chi connectivity index (χ1n) is 6.37. The molecule has 0 radical (unpaired) electrons. The van der Waals surface area contributed by atoms with Crippen LogP contribution in [0, 0.1) is 0 Å². The molecule has 1 aromatic heterocycles. The van der Waals surface area contributed by atoms with Gasteiger partial charge in [-0.05, 0) is 30.0 Å². The van der Waals surface area contributed by atoms with Gasteiger partial charge in [-0.15, -0.1) is 11.3 Å². The first-order chi connectivity index (χ1) is 9.11. The predicted octanol–water partition coefficient (Wildman–Crippen LogP) is 3.41. The van der Waals surface area contributed by atoms with E-state index in [4.69, 9.17) is 16.2 Å². The maximum absolute atomic E-state index is 11.9. The average molecular weight is 278 g/mol. The molecule has 0 spiro atoms. The largest absolute Gasteiger partial charge is 0.462 e.